The van der Waals surface area contributed by atoms with Gasteiger partial charge in [0.15, 0.2) is 0 Å². The van der Waals surface area contributed by atoms with Crippen molar-refractivity contribution in [2.45, 2.75) is 129 Å². The summed E-state index contributed by atoms with van der Waals surface area (Å²) in [6, 6.07) is 12.7. The van der Waals surface area contributed by atoms with E-state index in [1.165, 1.54) is 102 Å². The Labute approximate surface area is 228 Å². The molecule has 0 atom stereocenters. The van der Waals surface area contributed by atoms with Gasteiger partial charge < -0.3 is 9.47 Å². The Morgan fingerprint density at radius 2 is 1.08 bits per heavy atom. The molecule has 0 aliphatic rings. The third kappa shape index (κ3) is 15.9. The fourth-order valence-electron chi connectivity index (χ4n) is 4.71. The molecule has 0 amide bonds. The molecular formula is C34H55NO2. The third-order valence-corrected chi connectivity index (χ3v) is 7.14. The third-order valence-electron chi connectivity index (χ3n) is 7.14. The van der Waals surface area contributed by atoms with Crippen LogP contribution in [0.1, 0.15) is 129 Å². The maximum atomic E-state index is 5.96. The van der Waals surface area contributed by atoms with Crippen molar-refractivity contribution in [1.82, 2.24) is 4.98 Å². The fourth-order valence-corrected chi connectivity index (χ4v) is 4.71. The molecule has 208 valence electrons. The molecule has 1 aromatic heterocycles. The van der Waals surface area contributed by atoms with Crippen LogP contribution in [0.15, 0.2) is 42.6 Å². The van der Waals surface area contributed by atoms with Gasteiger partial charge in [-0.1, -0.05) is 110 Å². The molecule has 0 N–H and O–H groups in total. The standard InChI is InChI=1S/C34H55NO2/c1-3-5-7-9-11-12-13-14-16-18-29-37-33-24-22-32(23-25-33)34-26-21-31(30-35-34)20-19-28-36-27-17-15-10-8-6-4-2/h21-26,30H,3-20,27-29H2,1-2H3. The van der Waals surface area contributed by atoms with Crippen LogP contribution in [0.2, 0.25) is 0 Å². The van der Waals surface area contributed by atoms with E-state index in [0.29, 0.717) is 0 Å². The SMILES string of the molecule is CCCCCCCCCCCCOc1ccc(-c2ccc(CCCOCCCCCCCC)cn2)cc1. The van der Waals surface area contributed by atoms with Crippen LogP contribution < -0.4 is 4.74 Å². The highest BCUT2D eigenvalue weighted by atomic mass is 16.5. The van der Waals surface area contributed by atoms with Gasteiger partial charge in [0.2, 0.25) is 0 Å². The van der Waals surface area contributed by atoms with E-state index in [1.807, 2.05) is 6.20 Å². The van der Waals surface area contributed by atoms with Crippen LogP contribution in [0, 0.1) is 0 Å². The molecule has 3 nitrogen and oxygen atoms in total. The number of unbranched alkanes of at least 4 members (excludes halogenated alkanes) is 14. The monoisotopic (exact) mass is 509 g/mol. The summed E-state index contributed by atoms with van der Waals surface area (Å²) < 4.78 is 11.8. The zero-order chi connectivity index (χ0) is 26.2. The maximum Gasteiger partial charge on any atom is 0.119 e. The number of hydrogen-bond donors (Lipinski definition) is 0. The Morgan fingerprint density at radius 1 is 0.541 bits per heavy atom. The molecule has 0 unspecified atom stereocenters. The Bertz CT molecular complexity index is 756. The van der Waals surface area contributed by atoms with Crippen LogP contribution in [0.25, 0.3) is 11.3 Å². The predicted octanol–water partition coefficient (Wildman–Crippen LogP) is 10.4. The molecule has 1 heterocycles. The zero-order valence-corrected chi connectivity index (χ0v) is 24.2. The summed E-state index contributed by atoms with van der Waals surface area (Å²) in [4.78, 5) is 4.69. The Hall–Kier alpha value is -1.87. The molecule has 1 aromatic carbocycles. The van der Waals surface area contributed by atoms with Gasteiger partial charge in [-0.05, 0) is 61.6 Å². The number of rotatable bonds is 24. The number of pyridine rings is 1. The van der Waals surface area contributed by atoms with Gasteiger partial charge in [0.1, 0.15) is 5.75 Å². The first kappa shape index (κ1) is 31.3. The minimum absolute atomic E-state index is 0.811. The van der Waals surface area contributed by atoms with Crippen molar-refractivity contribution in [3.63, 3.8) is 0 Å². The van der Waals surface area contributed by atoms with Crippen LogP contribution >= 0.6 is 0 Å². The molecule has 37 heavy (non-hydrogen) atoms. The van der Waals surface area contributed by atoms with Crippen molar-refractivity contribution in [3.8, 4) is 17.0 Å². The second-order valence-corrected chi connectivity index (χ2v) is 10.6. The van der Waals surface area contributed by atoms with Crippen molar-refractivity contribution in [2.75, 3.05) is 19.8 Å². The molecule has 0 saturated carbocycles. The number of benzene rings is 1. The van der Waals surface area contributed by atoms with Crippen molar-refractivity contribution < 1.29 is 9.47 Å². The van der Waals surface area contributed by atoms with Crippen molar-refractivity contribution >= 4 is 0 Å². The molecule has 0 saturated heterocycles. The summed E-state index contributed by atoms with van der Waals surface area (Å²) in [6.45, 7) is 7.10. The molecular weight excluding hydrogens is 454 g/mol. The lowest BCUT2D eigenvalue weighted by atomic mass is 10.1. The van der Waals surface area contributed by atoms with Crippen molar-refractivity contribution in [2.24, 2.45) is 0 Å². The molecule has 0 aliphatic heterocycles. The summed E-state index contributed by atoms with van der Waals surface area (Å²) in [5.41, 5.74) is 3.44. The van der Waals surface area contributed by atoms with Crippen LogP contribution in [0.3, 0.4) is 0 Å². The van der Waals surface area contributed by atoms with Gasteiger partial charge in [-0.25, -0.2) is 0 Å². The number of aromatic nitrogens is 1. The number of nitrogens with zero attached hydrogens (tertiary/aromatic N) is 1. The van der Waals surface area contributed by atoms with Gasteiger partial charge in [0.05, 0.1) is 12.3 Å². The summed E-state index contributed by atoms with van der Waals surface area (Å²) in [5.74, 6) is 0.956. The van der Waals surface area contributed by atoms with Crippen LogP contribution in [-0.4, -0.2) is 24.8 Å². The topological polar surface area (TPSA) is 31.4 Å². The van der Waals surface area contributed by atoms with E-state index in [4.69, 9.17) is 14.5 Å². The normalized spacial score (nSPS) is 11.2. The van der Waals surface area contributed by atoms with Gasteiger partial charge in [0, 0.05) is 25.0 Å². The highest BCUT2D eigenvalue weighted by molar-refractivity contribution is 5.60. The fraction of sp³-hybridized carbons (Fsp3) is 0.676. The first-order valence-corrected chi connectivity index (χ1v) is 15.6. The van der Waals surface area contributed by atoms with E-state index >= 15 is 0 Å². The zero-order valence-electron chi connectivity index (χ0n) is 24.2. The summed E-state index contributed by atoms with van der Waals surface area (Å²) in [7, 11) is 0. The highest BCUT2D eigenvalue weighted by Crippen LogP contribution is 2.21. The van der Waals surface area contributed by atoms with Gasteiger partial charge in [-0.3, -0.25) is 4.98 Å². The lowest BCUT2D eigenvalue weighted by Gasteiger charge is -2.08. The van der Waals surface area contributed by atoms with Gasteiger partial charge in [0.25, 0.3) is 0 Å². The predicted molar refractivity (Wildman–Crippen MR) is 160 cm³/mol. The van der Waals surface area contributed by atoms with E-state index in [1.54, 1.807) is 0 Å². The van der Waals surface area contributed by atoms with E-state index in [0.717, 1.165) is 56.1 Å². The van der Waals surface area contributed by atoms with Gasteiger partial charge >= 0.3 is 0 Å². The lowest BCUT2D eigenvalue weighted by molar-refractivity contribution is 0.127. The molecule has 0 spiro atoms. The van der Waals surface area contributed by atoms with Gasteiger partial charge in [-0.15, -0.1) is 0 Å². The Balaban J connectivity index is 1.52. The maximum absolute atomic E-state index is 5.96. The number of hydrogen-bond acceptors (Lipinski definition) is 3. The molecule has 0 aliphatic carbocycles. The lowest BCUT2D eigenvalue weighted by Crippen LogP contribution is -1.99. The Kier molecular flexibility index (Phi) is 18.8. The van der Waals surface area contributed by atoms with Crippen LogP contribution in [0.5, 0.6) is 5.75 Å². The summed E-state index contributed by atoms with van der Waals surface area (Å²) >= 11 is 0. The van der Waals surface area contributed by atoms with E-state index in [2.05, 4.69) is 50.2 Å². The first-order chi connectivity index (χ1) is 18.3. The smallest absolute Gasteiger partial charge is 0.119 e. The van der Waals surface area contributed by atoms with Crippen LogP contribution in [-0.2, 0) is 11.2 Å². The van der Waals surface area contributed by atoms with Crippen molar-refractivity contribution in [1.29, 1.82) is 0 Å². The first-order valence-electron chi connectivity index (χ1n) is 15.6. The average Bonchev–Trinajstić information content (AvgIpc) is 2.93. The largest absolute Gasteiger partial charge is 0.494 e. The van der Waals surface area contributed by atoms with E-state index in [9.17, 15) is 0 Å². The van der Waals surface area contributed by atoms with E-state index < -0.39 is 0 Å². The minimum Gasteiger partial charge on any atom is -0.494 e. The van der Waals surface area contributed by atoms with Crippen LogP contribution in [0.4, 0.5) is 0 Å². The second-order valence-electron chi connectivity index (χ2n) is 10.6. The Morgan fingerprint density at radius 3 is 1.65 bits per heavy atom. The van der Waals surface area contributed by atoms with E-state index in [-0.39, 0.29) is 0 Å². The molecule has 3 heteroatoms. The molecule has 2 rings (SSSR count). The number of ether oxygens (including phenoxy) is 2. The minimum atomic E-state index is 0.811. The molecule has 0 fully saturated rings. The highest BCUT2D eigenvalue weighted by Gasteiger charge is 2.02. The second kappa shape index (κ2) is 22.1. The molecule has 0 radical (unpaired) electrons. The summed E-state index contributed by atoms with van der Waals surface area (Å²) in [5, 5.41) is 0. The molecule has 0 bridgehead atoms. The average molecular weight is 510 g/mol. The number of aryl methyl sites for hydroxylation is 1. The summed E-state index contributed by atoms with van der Waals surface area (Å²) in [6.07, 6.45) is 25.5. The van der Waals surface area contributed by atoms with Gasteiger partial charge in [-0.2, -0.15) is 0 Å². The quantitative estimate of drug-likeness (QED) is 0.132. The molecule has 2 aromatic rings. The van der Waals surface area contributed by atoms with Crippen molar-refractivity contribution in [3.05, 3.63) is 48.2 Å².